The molecule has 178 valence electrons. The first-order chi connectivity index (χ1) is 16.5. The molecule has 1 amide bonds. The maximum Gasteiger partial charge on any atom is 0.222 e. The molecule has 0 spiro atoms. The number of amides is 1. The summed E-state index contributed by atoms with van der Waals surface area (Å²) >= 11 is 0. The molecule has 5 rings (SSSR count). The Hall–Kier alpha value is -3.15. The van der Waals surface area contributed by atoms with Crippen molar-refractivity contribution in [3.8, 4) is 0 Å². The van der Waals surface area contributed by atoms with Gasteiger partial charge < -0.3 is 9.80 Å². The number of hydrogen-bond acceptors (Lipinski definition) is 3. The molecule has 6 heteroatoms. The molecule has 2 aliphatic heterocycles. The molecular weight excluding hydrogens is 427 g/mol. The van der Waals surface area contributed by atoms with E-state index in [0.29, 0.717) is 12.5 Å². The Labute approximate surface area is 201 Å². The first-order valence-electron chi connectivity index (χ1n) is 12.4. The van der Waals surface area contributed by atoms with Crippen molar-refractivity contribution < 1.29 is 9.18 Å². The molecule has 3 atom stereocenters. The number of para-hydroxylation sites is 1. The van der Waals surface area contributed by atoms with E-state index >= 15 is 0 Å². The predicted molar refractivity (Wildman–Crippen MR) is 132 cm³/mol. The number of rotatable bonds is 7. The molecule has 0 saturated carbocycles. The van der Waals surface area contributed by atoms with Gasteiger partial charge in [0.1, 0.15) is 5.82 Å². The standard InChI is InChI=1S/C28H33FN4O/c1-28(17-21-12-14-23(29)15-13-21)18-26-25(33(28)24-8-3-2-4-9-24)10-6-16-32(26)27(34)11-5-7-22-19-30-31-20-22/h2-4,8-9,12-15,19-20,25-26H,5-7,10-11,16-18H2,1H3,(H,30,31)/t25-,26-,28+/m0/s1. The smallest absolute Gasteiger partial charge is 0.222 e. The lowest BCUT2D eigenvalue weighted by Crippen LogP contribution is -2.53. The topological polar surface area (TPSA) is 52.2 Å². The fraction of sp³-hybridized carbons (Fsp3) is 0.429. The van der Waals surface area contributed by atoms with Gasteiger partial charge in [0.25, 0.3) is 0 Å². The number of halogens is 1. The zero-order valence-electron chi connectivity index (χ0n) is 19.8. The number of anilines is 1. The number of carbonyl (C=O) groups is 1. The molecule has 34 heavy (non-hydrogen) atoms. The lowest BCUT2D eigenvalue weighted by Gasteiger charge is -2.43. The summed E-state index contributed by atoms with van der Waals surface area (Å²) in [7, 11) is 0. The van der Waals surface area contributed by atoms with E-state index in [9.17, 15) is 9.18 Å². The van der Waals surface area contributed by atoms with Gasteiger partial charge in [0.05, 0.1) is 18.3 Å². The SMILES string of the molecule is C[C@@]1(Cc2ccc(F)cc2)C[C@H]2[C@H](CCCN2C(=O)CCCc2cn[nH]c2)N1c1ccccc1. The van der Waals surface area contributed by atoms with Crippen LogP contribution in [0, 0.1) is 5.82 Å². The van der Waals surface area contributed by atoms with E-state index in [4.69, 9.17) is 0 Å². The third-order valence-corrected chi connectivity index (χ3v) is 7.57. The van der Waals surface area contributed by atoms with E-state index in [-0.39, 0.29) is 23.3 Å². The van der Waals surface area contributed by atoms with Gasteiger partial charge in [-0.15, -0.1) is 0 Å². The van der Waals surface area contributed by atoms with Crippen LogP contribution in [0.3, 0.4) is 0 Å². The third-order valence-electron chi connectivity index (χ3n) is 7.57. The summed E-state index contributed by atoms with van der Waals surface area (Å²) < 4.78 is 13.6. The van der Waals surface area contributed by atoms with Crippen LogP contribution < -0.4 is 4.90 Å². The molecule has 2 saturated heterocycles. The molecule has 0 aliphatic carbocycles. The first-order valence-corrected chi connectivity index (χ1v) is 12.4. The highest BCUT2D eigenvalue weighted by molar-refractivity contribution is 5.77. The maximum atomic E-state index is 13.6. The number of nitrogens with zero attached hydrogens (tertiary/aromatic N) is 3. The normalized spacial score (nSPS) is 24.3. The van der Waals surface area contributed by atoms with Crippen molar-refractivity contribution in [2.45, 2.75) is 69.5 Å². The Morgan fingerprint density at radius 2 is 1.91 bits per heavy atom. The summed E-state index contributed by atoms with van der Waals surface area (Å²) in [6.07, 6.45) is 9.82. The number of H-pyrrole nitrogens is 1. The Bertz CT molecular complexity index is 1090. The average Bonchev–Trinajstić information content (AvgIpc) is 3.46. The highest BCUT2D eigenvalue weighted by atomic mass is 19.1. The van der Waals surface area contributed by atoms with Crippen LogP contribution in [0.25, 0.3) is 0 Å². The molecule has 0 unspecified atom stereocenters. The Balaban J connectivity index is 1.38. The number of likely N-dealkylation sites (tertiary alicyclic amines) is 1. The van der Waals surface area contributed by atoms with Gasteiger partial charge in [0.15, 0.2) is 0 Å². The zero-order chi connectivity index (χ0) is 23.5. The van der Waals surface area contributed by atoms with Crippen LogP contribution in [0.2, 0.25) is 0 Å². The third kappa shape index (κ3) is 4.59. The monoisotopic (exact) mass is 460 g/mol. The van der Waals surface area contributed by atoms with E-state index in [1.54, 1.807) is 12.1 Å². The number of aryl methyl sites for hydroxylation is 1. The lowest BCUT2D eigenvalue weighted by molar-refractivity contribution is -0.135. The van der Waals surface area contributed by atoms with Crippen LogP contribution in [0.4, 0.5) is 10.1 Å². The number of nitrogens with one attached hydrogen (secondary N) is 1. The van der Waals surface area contributed by atoms with Crippen molar-refractivity contribution in [2.24, 2.45) is 0 Å². The molecule has 2 aliphatic rings. The van der Waals surface area contributed by atoms with E-state index in [2.05, 4.69) is 51.2 Å². The van der Waals surface area contributed by atoms with Crippen LogP contribution in [0.5, 0.6) is 0 Å². The van der Waals surface area contributed by atoms with Gasteiger partial charge in [0, 0.05) is 30.4 Å². The van der Waals surface area contributed by atoms with Gasteiger partial charge in [0.2, 0.25) is 5.91 Å². The van der Waals surface area contributed by atoms with Gasteiger partial charge in [-0.3, -0.25) is 9.89 Å². The second-order valence-electron chi connectivity index (χ2n) is 10.0. The second kappa shape index (κ2) is 9.61. The summed E-state index contributed by atoms with van der Waals surface area (Å²) in [5, 5.41) is 6.84. The molecule has 5 nitrogen and oxygen atoms in total. The highest BCUT2D eigenvalue weighted by Gasteiger charge is 2.52. The number of aromatic nitrogens is 2. The van der Waals surface area contributed by atoms with Crippen molar-refractivity contribution in [2.75, 3.05) is 11.4 Å². The van der Waals surface area contributed by atoms with E-state index < -0.39 is 0 Å². The van der Waals surface area contributed by atoms with Gasteiger partial charge >= 0.3 is 0 Å². The van der Waals surface area contributed by atoms with Crippen LogP contribution in [-0.4, -0.2) is 45.2 Å². The minimum absolute atomic E-state index is 0.159. The quantitative estimate of drug-likeness (QED) is 0.531. The van der Waals surface area contributed by atoms with E-state index in [0.717, 1.165) is 56.2 Å². The Morgan fingerprint density at radius 1 is 1.12 bits per heavy atom. The predicted octanol–water partition coefficient (Wildman–Crippen LogP) is 5.14. The van der Waals surface area contributed by atoms with Crippen molar-refractivity contribution in [1.82, 2.24) is 15.1 Å². The minimum atomic E-state index is -0.207. The van der Waals surface area contributed by atoms with E-state index in [1.807, 2.05) is 30.6 Å². The molecule has 1 aromatic heterocycles. The van der Waals surface area contributed by atoms with Gasteiger partial charge in [-0.1, -0.05) is 30.3 Å². The lowest BCUT2D eigenvalue weighted by atomic mass is 9.87. The van der Waals surface area contributed by atoms with Crippen molar-refractivity contribution in [3.05, 3.63) is 83.9 Å². The maximum absolute atomic E-state index is 13.6. The molecule has 2 aromatic carbocycles. The van der Waals surface area contributed by atoms with Crippen molar-refractivity contribution >= 4 is 11.6 Å². The van der Waals surface area contributed by atoms with Gasteiger partial charge in [-0.25, -0.2) is 4.39 Å². The van der Waals surface area contributed by atoms with Crippen LogP contribution in [-0.2, 0) is 17.6 Å². The zero-order valence-corrected chi connectivity index (χ0v) is 19.8. The summed E-state index contributed by atoms with van der Waals surface area (Å²) in [5.41, 5.74) is 3.32. The average molecular weight is 461 g/mol. The molecule has 1 N–H and O–H groups in total. The number of benzene rings is 2. The molecule has 0 bridgehead atoms. The number of hydrogen-bond donors (Lipinski definition) is 1. The molecule has 3 aromatic rings. The molecule has 3 heterocycles. The summed E-state index contributed by atoms with van der Waals surface area (Å²) in [4.78, 5) is 18.1. The van der Waals surface area contributed by atoms with Crippen LogP contribution >= 0.6 is 0 Å². The first kappa shape index (κ1) is 22.6. The number of carbonyl (C=O) groups excluding carboxylic acids is 1. The van der Waals surface area contributed by atoms with Crippen LogP contribution in [0.15, 0.2) is 67.0 Å². The fourth-order valence-electron chi connectivity index (χ4n) is 6.14. The summed E-state index contributed by atoms with van der Waals surface area (Å²) in [6.45, 7) is 3.14. The Morgan fingerprint density at radius 3 is 2.65 bits per heavy atom. The number of fused-ring (bicyclic) bond motifs is 1. The summed E-state index contributed by atoms with van der Waals surface area (Å²) in [5.74, 6) is 0.0540. The van der Waals surface area contributed by atoms with E-state index in [1.165, 1.54) is 5.69 Å². The van der Waals surface area contributed by atoms with Crippen molar-refractivity contribution in [3.63, 3.8) is 0 Å². The van der Waals surface area contributed by atoms with Crippen LogP contribution in [0.1, 0.15) is 50.2 Å². The van der Waals surface area contributed by atoms with Gasteiger partial charge in [-0.2, -0.15) is 5.10 Å². The molecule has 0 radical (unpaired) electrons. The molecule has 2 fully saturated rings. The largest absolute Gasteiger partial charge is 0.361 e. The second-order valence-corrected chi connectivity index (χ2v) is 10.0. The number of aromatic amines is 1. The highest BCUT2D eigenvalue weighted by Crippen LogP contribution is 2.45. The Kier molecular flexibility index (Phi) is 6.40. The summed E-state index contributed by atoms with van der Waals surface area (Å²) in [6, 6.07) is 17.9. The molecular formula is C28H33FN4O. The fourth-order valence-corrected chi connectivity index (χ4v) is 6.14. The number of piperidine rings is 1. The minimum Gasteiger partial charge on any atom is -0.361 e. The van der Waals surface area contributed by atoms with Gasteiger partial charge in [-0.05, 0) is 80.8 Å². The van der Waals surface area contributed by atoms with Crippen molar-refractivity contribution in [1.29, 1.82) is 0 Å².